The minimum Gasteiger partial charge on any atom is -0.317 e. The van der Waals surface area contributed by atoms with E-state index in [0.717, 1.165) is 18.0 Å². The monoisotopic (exact) mass is 239 g/mol. The lowest BCUT2D eigenvalue weighted by molar-refractivity contribution is 0.0234. The van der Waals surface area contributed by atoms with Gasteiger partial charge in [0.15, 0.2) is 0 Å². The van der Waals surface area contributed by atoms with Crippen LogP contribution in [0.5, 0.6) is 0 Å². The third kappa shape index (κ3) is 2.83. The van der Waals surface area contributed by atoms with E-state index in [1.54, 1.807) is 0 Å². The Labute approximate surface area is 107 Å². The van der Waals surface area contributed by atoms with Gasteiger partial charge in [-0.25, -0.2) is 0 Å². The molecule has 3 nitrogen and oxygen atoms in total. The molecule has 0 spiro atoms. The first-order valence-corrected chi connectivity index (χ1v) is 7.25. The number of likely N-dealkylation sites (tertiary alicyclic amines) is 2. The van der Waals surface area contributed by atoms with E-state index < -0.39 is 0 Å². The molecule has 0 bridgehead atoms. The molecule has 0 radical (unpaired) electrons. The van der Waals surface area contributed by atoms with Gasteiger partial charge in [0.05, 0.1) is 0 Å². The highest BCUT2D eigenvalue weighted by Gasteiger charge is 2.35. The van der Waals surface area contributed by atoms with E-state index in [9.17, 15) is 0 Å². The fourth-order valence-corrected chi connectivity index (χ4v) is 3.64. The van der Waals surface area contributed by atoms with Crippen LogP contribution in [0.4, 0.5) is 0 Å². The smallest absolute Gasteiger partial charge is 0.0123 e. The number of nitrogens with zero attached hydrogens (tertiary/aromatic N) is 2. The van der Waals surface area contributed by atoms with E-state index in [0.29, 0.717) is 6.04 Å². The van der Waals surface area contributed by atoms with Crippen LogP contribution in [-0.2, 0) is 0 Å². The maximum atomic E-state index is 3.48. The summed E-state index contributed by atoms with van der Waals surface area (Å²) in [6, 6.07) is 2.28. The Morgan fingerprint density at radius 2 is 1.65 bits per heavy atom. The van der Waals surface area contributed by atoms with Gasteiger partial charge in [-0.05, 0) is 59.3 Å². The molecule has 0 saturated carbocycles. The first kappa shape index (κ1) is 13.3. The van der Waals surface area contributed by atoms with Crippen LogP contribution in [0.15, 0.2) is 0 Å². The summed E-state index contributed by atoms with van der Waals surface area (Å²) in [4.78, 5) is 5.25. The topological polar surface area (TPSA) is 18.5 Å². The van der Waals surface area contributed by atoms with Crippen molar-refractivity contribution < 1.29 is 0 Å². The lowest BCUT2D eigenvalue weighted by Gasteiger charge is -2.48. The van der Waals surface area contributed by atoms with Crippen LogP contribution in [0, 0.1) is 5.92 Å². The third-order valence-electron chi connectivity index (χ3n) is 5.14. The number of hydrogen-bond donors (Lipinski definition) is 1. The Morgan fingerprint density at radius 1 is 1.00 bits per heavy atom. The molecule has 0 aliphatic carbocycles. The van der Waals surface area contributed by atoms with Crippen LogP contribution in [-0.4, -0.2) is 61.7 Å². The quantitative estimate of drug-likeness (QED) is 0.786. The minimum atomic E-state index is 0.715. The molecule has 17 heavy (non-hydrogen) atoms. The summed E-state index contributed by atoms with van der Waals surface area (Å²) in [6.45, 7) is 8.67. The number of rotatable bonds is 2. The summed E-state index contributed by atoms with van der Waals surface area (Å²) in [5.74, 6) is 0.772. The van der Waals surface area contributed by atoms with Crippen molar-refractivity contribution in [3.63, 3.8) is 0 Å². The van der Waals surface area contributed by atoms with Crippen molar-refractivity contribution in [3.05, 3.63) is 0 Å². The molecule has 2 heterocycles. The van der Waals surface area contributed by atoms with Gasteiger partial charge in [0.2, 0.25) is 0 Å². The van der Waals surface area contributed by atoms with Gasteiger partial charge in [-0.3, -0.25) is 4.90 Å². The second-order valence-electron chi connectivity index (χ2n) is 6.06. The molecule has 2 saturated heterocycles. The molecule has 0 aromatic heterocycles. The average molecular weight is 239 g/mol. The first-order valence-electron chi connectivity index (χ1n) is 7.25. The molecule has 2 aliphatic heterocycles. The normalized spacial score (nSPS) is 38.5. The molecule has 3 atom stereocenters. The van der Waals surface area contributed by atoms with Crippen molar-refractivity contribution in [2.24, 2.45) is 5.92 Å². The van der Waals surface area contributed by atoms with Crippen molar-refractivity contribution in [3.8, 4) is 0 Å². The molecule has 0 amide bonds. The van der Waals surface area contributed by atoms with Crippen molar-refractivity contribution in [1.29, 1.82) is 0 Å². The highest BCUT2D eigenvalue weighted by atomic mass is 15.2. The Kier molecular flexibility index (Phi) is 4.45. The van der Waals surface area contributed by atoms with E-state index in [1.165, 1.54) is 38.9 Å². The van der Waals surface area contributed by atoms with Gasteiger partial charge < -0.3 is 10.2 Å². The van der Waals surface area contributed by atoms with Crippen molar-refractivity contribution >= 4 is 0 Å². The van der Waals surface area contributed by atoms with Gasteiger partial charge in [-0.2, -0.15) is 0 Å². The third-order valence-corrected chi connectivity index (χ3v) is 5.14. The van der Waals surface area contributed by atoms with Gasteiger partial charge in [-0.1, -0.05) is 6.92 Å². The van der Waals surface area contributed by atoms with Crippen LogP contribution < -0.4 is 5.32 Å². The summed E-state index contributed by atoms with van der Waals surface area (Å²) in [5.41, 5.74) is 0. The number of nitrogens with one attached hydrogen (secondary N) is 1. The van der Waals surface area contributed by atoms with Gasteiger partial charge in [0.25, 0.3) is 0 Å². The van der Waals surface area contributed by atoms with E-state index in [2.05, 4.69) is 43.1 Å². The van der Waals surface area contributed by atoms with Crippen molar-refractivity contribution in [2.75, 3.05) is 33.7 Å². The molecule has 3 unspecified atom stereocenters. The fourth-order valence-electron chi connectivity index (χ4n) is 3.64. The van der Waals surface area contributed by atoms with E-state index >= 15 is 0 Å². The summed E-state index contributed by atoms with van der Waals surface area (Å²) in [7, 11) is 4.36. The molecule has 2 aliphatic rings. The molecule has 0 aromatic carbocycles. The molecule has 1 N–H and O–H groups in total. The highest BCUT2D eigenvalue weighted by molar-refractivity contribution is 4.92. The second-order valence-corrected chi connectivity index (χ2v) is 6.06. The van der Waals surface area contributed by atoms with Gasteiger partial charge in [0, 0.05) is 24.7 Å². The second kappa shape index (κ2) is 5.68. The van der Waals surface area contributed by atoms with E-state index in [1.807, 2.05) is 0 Å². The Balaban J connectivity index is 1.93. The zero-order chi connectivity index (χ0) is 12.4. The molecule has 0 aromatic rings. The summed E-state index contributed by atoms with van der Waals surface area (Å²) in [6.07, 6.45) is 4.03. The molecule has 2 fully saturated rings. The molecule has 2 rings (SSSR count). The molecular formula is C14H29N3. The molecule has 3 heteroatoms. The summed E-state index contributed by atoms with van der Waals surface area (Å²) in [5, 5.41) is 3.48. The fraction of sp³-hybridized carbons (Fsp3) is 1.00. The largest absolute Gasteiger partial charge is 0.317 e. The highest BCUT2D eigenvalue weighted by Crippen LogP contribution is 2.28. The van der Waals surface area contributed by atoms with Crippen LogP contribution in [0.2, 0.25) is 0 Å². The molecular weight excluding hydrogens is 210 g/mol. The van der Waals surface area contributed by atoms with E-state index in [-0.39, 0.29) is 0 Å². The maximum Gasteiger partial charge on any atom is 0.0123 e. The van der Waals surface area contributed by atoms with Crippen molar-refractivity contribution in [2.45, 2.75) is 51.2 Å². The van der Waals surface area contributed by atoms with E-state index in [4.69, 9.17) is 0 Å². The lowest BCUT2D eigenvalue weighted by Crippen LogP contribution is -2.57. The predicted molar refractivity (Wildman–Crippen MR) is 73.3 cm³/mol. The maximum absolute atomic E-state index is 3.48. The van der Waals surface area contributed by atoms with Crippen LogP contribution in [0.3, 0.4) is 0 Å². The van der Waals surface area contributed by atoms with Crippen LogP contribution in [0.25, 0.3) is 0 Å². The zero-order valence-corrected chi connectivity index (χ0v) is 11.9. The Hall–Kier alpha value is -0.120. The Morgan fingerprint density at radius 3 is 2.24 bits per heavy atom. The van der Waals surface area contributed by atoms with Crippen LogP contribution in [0.1, 0.15) is 33.1 Å². The standard InChI is InChI=1S/C14H29N3/c1-11-12(2)17(10-7-14(11)15-3)13-5-8-16(4)9-6-13/h11-15H,5-10H2,1-4H3. The average Bonchev–Trinajstić information content (AvgIpc) is 2.34. The first-order chi connectivity index (χ1) is 8.13. The SMILES string of the molecule is CNC1CCN(C2CCN(C)CC2)C(C)C1C. The Bertz CT molecular complexity index is 234. The zero-order valence-electron chi connectivity index (χ0n) is 11.9. The number of piperidine rings is 2. The van der Waals surface area contributed by atoms with Crippen molar-refractivity contribution in [1.82, 2.24) is 15.1 Å². The number of hydrogen-bond acceptors (Lipinski definition) is 3. The lowest BCUT2D eigenvalue weighted by atomic mass is 9.85. The minimum absolute atomic E-state index is 0.715. The summed E-state index contributed by atoms with van der Waals surface area (Å²) < 4.78 is 0. The van der Waals surface area contributed by atoms with Crippen LogP contribution >= 0.6 is 0 Å². The summed E-state index contributed by atoms with van der Waals surface area (Å²) >= 11 is 0. The van der Waals surface area contributed by atoms with Gasteiger partial charge in [0.1, 0.15) is 0 Å². The van der Waals surface area contributed by atoms with Gasteiger partial charge in [-0.15, -0.1) is 0 Å². The molecule has 100 valence electrons. The van der Waals surface area contributed by atoms with Gasteiger partial charge >= 0.3 is 0 Å². The predicted octanol–water partition coefficient (Wildman–Crippen LogP) is 1.40.